The zero-order valence-electron chi connectivity index (χ0n) is 14.3. The van der Waals surface area contributed by atoms with Crippen molar-refractivity contribution in [2.45, 2.75) is 13.8 Å². The first-order valence-electron chi connectivity index (χ1n) is 8.00. The van der Waals surface area contributed by atoms with E-state index < -0.39 is 0 Å². The maximum atomic E-state index is 5.46. The molecule has 1 N–H and O–H groups in total. The van der Waals surface area contributed by atoms with Crippen LogP contribution in [0.4, 0.5) is 10.8 Å². The van der Waals surface area contributed by atoms with Crippen LogP contribution in [-0.2, 0) is 0 Å². The van der Waals surface area contributed by atoms with E-state index in [1.807, 2.05) is 60.2 Å². The fourth-order valence-electron chi connectivity index (χ4n) is 2.67. The van der Waals surface area contributed by atoms with Gasteiger partial charge in [-0.3, -0.25) is 4.40 Å². The van der Waals surface area contributed by atoms with E-state index in [0.29, 0.717) is 12.4 Å². The molecule has 0 bridgehead atoms. The van der Waals surface area contributed by atoms with Gasteiger partial charge in [0.1, 0.15) is 11.4 Å². The zero-order valence-corrected chi connectivity index (χ0v) is 16.9. The molecule has 26 heavy (non-hydrogen) atoms. The van der Waals surface area contributed by atoms with E-state index in [-0.39, 0.29) is 17.0 Å². The molecule has 0 radical (unpaired) electrons. The quantitative estimate of drug-likeness (QED) is 0.487. The van der Waals surface area contributed by atoms with Gasteiger partial charge < -0.3 is 10.1 Å². The molecule has 6 nitrogen and oxygen atoms in total. The number of aromatic nitrogens is 4. The fourth-order valence-corrected chi connectivity index (χ4v) is 3.39. The van der Waals surface area contributed by atoms with Crippen molar-refractivity contribution in [3.8, 4) is 17.1 Å². The number of nitrogens with one attached hydrogen (secondary N) is 1. The lowest BCUT2D eigenvalue weighted by molar-refractivity contribution is 0.340. The summed E-state index contributed by atoms with van der Waals surface area (Å²) in [7, 11) is 0. The van der Waals surface area contributed by atoms with Gasteiger partial charge in [-0.15, -0.1) is 28.3 Å². The highest BCUT2D eigenvalue weighted by Crippen LogP contribution is 2.29. The van der Waals surface area contributed by atoms with Gasteiger partial charge in [-0.25, -0.2) is 15.0 Å². The van der Waals surface area contributed by atoms with Crippen molar-refractivity contribution in [1.82, 2.24) is 19.4 Å². The molecule has 3 aromatic heterocycles. The molecule has 0 amide bonds. The summed E-state index contributed by atoms with van der Waals surface area (Å²) < 4.78 is 7.43. The lowest BCUT2D eigenvalue weighted by Gasteiger charge is -2.05. The minimum atomic E-state index is 0. The van der Waals surface area contributed by atoms with Gasteiger partial charge in [0, 0.05) is 23.5 Å². The molecular formula is C18H18BrN5OS. The van der Waals surface area contributed by atoms with Crippen molar-refractivity contribution in [3.63, 3.8) is 0 Å². The van der Waals surface area contributed by atoms with E-state index in [9.17, 15) is 0 Å². The Balaban J connectivity index is 0.00000196. The zero-order chi connectivity index (χ0) is 17.2. The Labute approximate surface area is 165 Å². The average molecular weight is 432 g/mol. The van der Waals surface area contributed by atoms with E-state index in [0.717, 1.165) is 33.7 Å². The second-order valence-corrected chi connectivity index (χ2v) is 6.31. The highest BCUT2D eigenvalue weighted by atomic mass is 79.9. The third-order valence-corrected chi connectivity index (χ3v) is 4.50. The Hall–Kier alpha value is -2.45. The largest absolute Gasteiger partial charge is 0.494 e. The smallest absolute Gasteiger partial charge is 0.234 e. The predicted octanol–water partition coefficient (Wildman–Crippen LogP) is 4.88. The summed E-state index contributed by atoms with van der Waals surface area (Å²) in [5.41, 5.74) is 3.74. The van der Waals surface area contributed by atoms with Gasteiger partial charge in [0.15, 0.2) is 5.13 Å². The highest BCUT2D eigenvalue weighted by Gasteiger charge is 2.14. The molecule has 4 rings (SSSR count). The molecule has 0 spiro atoms. The van der Waals surface area contributed by atoms with Crippen LogP contribution in [0.2, 0.25) is 0 Å². The molecule has 0 aliphatic heterocycles. The van der Waals surface area contributed by atoms with E-state index in [1.165, 1.54) is 0 Å². The number of thiazole rings is 1. The molecule has 134 valence electrons. The van der Waals surface area contributed by atoms with Gasteiger partial charge in [0.05, 0.1) is 18.0 Å². The molecule has 0 atom stereocenters. The first-order chi connectivity index (χ1) is 12.2. The molecule has 0 aliphatic rings. The molecule has 0 unspecified atom stereocenters. The third kappa shape index (κ3) is 3.56. The number of rotatable bonds is 5. The van der Waals surface area contributed by atoms with Crippen LogP contribution >= 0.6 is 28.3 Å². The van der Waals surface area contributed by atoms with Crippen LogP contribution < -0.4 is 10.1 Å². The molecule has 3 heterocycles. The van der Waals surface area contributed by atoms with Crippen molar-refractivity contribution in [2.75, 3.05) is 11.9 Å². The number of nitrogens with zero attached hydrogens (tertiary/aromatic N) is 4. The van der Waals surface area contributed by atoms with Crippen LogP contribution in [0, 0.1) is 6.92 Å². The van der Waals surface area contributed by atoms with Crippen LogP contribution in [0.3, 0.4) is 0 Å². The van der Waals surface area contributed by atoms with Gasteiger partial charge in [-0.05, 0) is 44.2 Å². The fraction of sp³-hybridized carbons (Fsp3) is 0.167. The van der Waals surface area contributed by atoms with Crippen molar-refractivity contribution >= 4 is 44.9 Å². The second kappa shape index (κ2) is 7.84. The number of ether oxygens (including phenoxy) is 1. The average Bonchev–Trinajstić information content (AvgIpc) is 3.19. The summed E-state index contributed by atoms with van der Waals surface area (Å²) in [5, 5.41) is 6.19. The summed E-state index contributed by atoms with van der Waals surface area (Å²) in [5.74, 6) is 1.55. The topological polar surface area (TPSA) is 64.3 Å². The lowest BCUT2D eigenvalue weighted by Crippen LogP contribution is -1.93. The number of halogens is 1. The number of hydrogen-bond donors (Lipinski definition) is 1. The van der Waals surface area contributed by atoms with Crippen LogP contribution in [0.15, 0.2) is 48.1 Å². The highest BCUT2D eigenvalue weighted by molar-refractivity contribution is 8.93. The second-order valence-electron chi connectivity index (χ2n) is 5.46. The van der Waals surface area contributed by atoms with E-state index >= 15 is 0 Å². The van der Waals surface area contributed by atoms with Crippen LogP contribution in [0.25, 0.3) is 17.2 Å². The molecular weight excluding hydrogens is 414 g/mol. The summed E-state index contributed by atoms with van der Waals surface area (Å²) in [6.45, 7) is 4.61. The monoisotopic (exact) mass is 431 g/mol. The minimum absolute atomic E-state index is 0. The first-order valence-corrected chi connectivity index (χ1v) is 8.88. The lowest BCUT2D eigenvalue weighted by atomic mass is 10.3. The number of benzene rings is 1. The van der Waals surface area contributed by atoms with Gasteiger partial charge >= 0.3 is 0 Å². The summed E-state index contributed by atoms with van der Waals surface area (Å²) in [4.78, 5) is 13.5. The Bertz CT molecular complexity index is 1010. The maximum Gasteiger partial charge on any atom is 0.234 e. The van der Waals surface area contributed by atoms with E-state index in [4.69, 9.17) is 9.72 Å². The van der Waals surface area contributed by atoms with Crippen LogP contribution in [0.1, 0.15) is 12.6 Å². The molecule has 0 saturated carbocycles. The van der Waals surface area contributed by atoms with Crippen molar-refractivity contribution in [2.24, 2.45) is 0 Å². The Kier molecular flexibility index (Phi) is 5.53. The Morgan fingerprint density at radius 1 is 1.19 bits per heavy atom. The SMILES string of the molecule is Br.CCOc1ccc(Nc2nc(-c3c(C)nc4ncccn34)cs2)cc1. The van der Waals surface area contributed by atoms with E-state index in [2.05, 4.69) is 15.3 Å². The van der Waals surface area contributed by atoms with Gasteiger partial charge in [-0.1, -0.05) is 0 Å². The standard InChI is InChI=1S/C18H17N5OS.BrH/c1-3-24-14-7-5-13(6-8-14)21-18-22-15(11-25-18)16-12(2)20-17-19-9-4-10-23(16)17;/h4-11H,3H2,1-2H3,(H,21,22);1H. The first kappa shape index (κ1) is 18.3. The van der Waals surface area contributed by atoms with Crippen molar-refractivity contribution in [1.29, 1.82) is 0 Å². The number of hydrogen-bond acceptors (Lipinski definition) is 6. The molecule has 4 aromatic rings. The van der Waals surface area contributed by atoms with Crippen LogP contribution in [-0.4, -0.2) is 26.0 Å². The van der Waals surface area contributed by atoms with E-state index in [1.54, 1.807) is 17.5 Å². The summed E-state index contributed by atoms with van der Waals surface area (Å²) in [6, 6.07) is 9.75. The van der Waals surface area contributed by atoms with Crippen molar-refractivity contribution in [3.05, 3.63) is 53.8 Å². The molecule has 0 aliphatic carbocycles. The van der Waals surface area contributed by atoms with Gasteiger partial charge in [0.25, 0.3) is 0 Å². The number of fused-ring (bicyclic) bond motifs is 1. The van der Waals surface area contributed by atoms with Crippen LogP contribution in [0.5, 0.6) is 5.75 Å². The van der Waals surface area contributed by atoms with Gasteiger partial charge in [0.2, 0.25) is 5.78 Å². The molecule has 0 fully saturated rings. The summed E-state index contributed by atoms with van der Waals surface area (Å²) in [6.07, 6.45) is 3.70. The number of anilines is 2. The third-order valence-electron chi connectivity index (χ3n) is 3.74. The molecule has 1 aromatic carbocycles. The Morgan fingerprint density at radius 3 is 2.77 bits per heavy atom. The van der Waals surface area contributed by atoms with Gasteiger partial charge in [-0.2, -0.15) is 0 Å². The normalized spacial score (nSPS) is 10.5. The summed E-state index contributed by atoms with van der Waals surface area (Å²) >= 11 is 1.56. The minimum Gasteiger partial charge on any atom is -0.494 e. The molecule has 0 saturated heterocycles. The number of imidazole rings is 1. The van der Waals surface area contributed by atoms with Crippen molar-refractivity contribution < 1.29 is 4.74 Å². The maximum absolute atomic E-state index is 5.46. The molecule has 8 heteroatoms. The Morgan fingerprint density at radius 2 is 2.00 bits per heavy atom. The number of aryl methyl sites for hydroxylation is 1. The predicted molar refractivity (Wildman–Crippen MR) is 110 cm³/mol.